The highest BCUT2D eigenvalue weighted by Gasteiger charge is 2.11. The van der Waals surface area contributed by atoms with E-state index in [0.717, 1.165) is 10.5 Å². The highest BCUT2D eigenvalue weighted by atomic mass is 35.5. The van der Waals surface area contributed by atoms with Gasteiger partial charge in [-0.05, 0) is 23.8 Å². The van der Waals surface area contributed by atoms with Crippen LogP contribution in [0, 0.1) is 0 Å². The number of hydrogen-bond donors (Lipinski definition) is 1. The summed E-state index contributed by atoms with van der Waals surface area (Å²) in [5.41, 5.74) is 7.60. The molecule has 2 aromatic carbocycles. The maximum Gasteiger partial charge on any atom is 0.232 e. The third-order valence-electron chi connectivity index (χ3n) is 3.01. The van der Waals surface area contributed by atoms with Crippen molar-refractivity contribution >= 4 is 35.0 Å². The molecule has 0 aliphatic rings. The summed E-state index contributed by atoms with van der Waals surface area (Å²) in [6.45, 7) is 0.607. The van der Waals surface area contributed by atoms with Crippen LogP contribution in [0.1, 0.15) is 5.56 Å². The van der Waals surface area contributed by atoms with Crippen LogP contribution in [-0.4, -0.2) is 23.6 Å². The van der Waals surface area contributed by atoms with Gasteiger partial charge in [0.15, 0.2) is 0 Å². The number of benzene rings is 2. The molecule has 1 amide bonds. The van der Waals surface area contributed by atoms with Gasteiger partial charge in [-0.3, -0.25) is 4.79 Å². The second kappa shape index (κ2) is 7.38. The maximum absolute atomic E-state index is 12.1. The lowest BCUT2D eigenvalue weighted by Gasteiger charge is -2.17. The Hall–Kier alpha value is -1.65. The number of nitrogens with two attached hydrogens (primary N) is 1. The largest absolute Gasteiger partial charge is 0.398 e. The fourth-order valence-electron chi connectivity index (χ4n) is 1.85. The highest BCUT2D eigenvalue weighted by molar-refractivity contribution is 8.00. The average Bonchev–Trinajstić information content (AvgIpc) is 2.47. The molecule has 0 saturated heterocycles. The molecular formula is C16H17ClN2OS. The van der Waals surface area contributed by atoms with Gasteiger partial charge < -0.3 is 10.6 Å². The van der Waals surface area contributed by atoms with Gasteiger partial charge in [0, 0.05) is 29.2 Å². The summed E-state index contributed by atoms with van der Waals surface area (Å²) in [4.78, 5) is 14.7. The minimum absolute atomic E-state index is 0.0678. The lowest BCUT2D eigenvalue weighted by atomic mass is 10.2. The molecule has 0 aliphatic heterocycles. The van der Waals surface area contributed by atoms with Gasteiger partial charge in [-0.2, -0.15) is 0 Å². The molecule has 0 aliphatic carbocycles. The smallest absolute Gasteiger partial charge is 0.232 e. The zero-order valence-corrected chi connectivity index (χ0v) is 13.3. The average molecular weight is 321 g/mol. The Morgan fingerprint density at radius 2 is 1.95 bits per heavy atom. The molecule has 0 atom stereocenters. The summed E-state index contributed by atoms with van der Waals surface area (Å²) in [5.74, 6) is 0.424. The van der Waals surface area contributed by atoms with Crippen molar-refractivity contribution in [1.82, 2.24) is 4.90 Å². The second-order valence-corrected chi connectivity index (χ2v) is 6.16. The van der Waals surface area contributed by atoms with Crippen LogP contribution in [0.4, 0.5) is 5.69 Å². The van der Waals surface area contributed by atoms with Crippen molar-refractivity contribution in [2.45, 2.75) is 11.4 Å². The van der Waals surface area contributed by atoms with Gasteiger partial charge in [0.1, 0.15) is 0 Å². The Morgan fingerprint density at radius 1 is 1.24 bits per heavy atom. The summed E-state index contributed by atoms with van der Waals surface area (Å²) in [6.07, 6.45) is 0. The molecule has 0 heterocycles. The van der Waals surface area contributed by atoms with Crippen LogP contribution in [0.5, 0.6) is 0 Å². The van der Waals surface area contributed by atoms with E-state index in [1.165, 1.54) is 11.8 Å². The molecule has 110 valence electrons. The Labute approximate surface area is 134 Å². The van der Waals surface area contributed by atoms with Gasteiger partial charge in [-0.15, -0.1) is 11.8 Å². The van der Waals surface area contributed by atoms with Crippen molar-refractivity contribution in [3.63, 3.8) is 0 Å². The predicted molar refractivity (Wildman–Crippen MR) is 89.5 cm³/mol. The first-order valence-electron chi connectivity index (χ1n) is 6.52. The summed E-state index contributed by atoms with van der Waals surface area (Å²) in [5, 5.41) is 0.601. The SMILES string of the molecule is CN(Cc1ccccc1)C(=O)CSc1ccc(Cl)cc1N. The zero-order valence-electron chi connectivity index (χ0n) is 11.8. The summed E-state index contributed by atoms with van der Waals surface area (Å²) in [7, 11) is 1.81. The molecule has 5 heteroatoms. The van der Waals surface area contributed by atoms with Crippen LogP contribution in [0.15, 0.2) is 53.4 Å². The Bertz CT molecular complexity index is 619. The molecule has 0 spiro atoms. The van der Waals surface area contributed by atoms with E-state index >= 15 is 0 Å². The molecule has 0 fully saturated rings. The molecule has 2 N–H and O–H groups in total. The number of halogens is 1. The quantitative estimate of drug-likeness (QED) is 0.675. The van der Waals surface area contributed by atoms with Crippen LogP contribution in [-0.2, 0) is 11.3 Å². The number of rotatable bonds is 5. The van der Waals surface area contributed by atoms with Gasteiger partial charge in [0.05, 0.1) is 5.75 Å². The van der Waals surface area contributed by atoms with Crippen molar-refractivity contribution < 1.29 is 4.79 Å². The van der Waals surface area contributed by atoms with Gasteiger partial charge in [-0.1, -0.05) is 41.9 Å². The summed E-state index contributed by atoms with van der Waals surface area (Å²) >= 11 is 7.28. The number of anilines is 1. The molecule has 0 bridgehead atoms. The van der Waals surface area contributed by atoms with Crippen LogP contribution < -0.4 is 5.73 Å². The highest BCUT2D eigenvalue weighted by Crippen LogP contribution is 2.27. The Morgan fingerprint density at radius 3 is 2.62 bits per heavy atom. The number of nitrogens with zero attached hydrogens (tertiary/aromatic N) is 1. The fraction of sp³-hybridized carbons (Fsp3) is 0.188. The summed E-state index contributed by atoms with van der Waals surface area (Å²) < 4.78 is 0. The first-order chi connectivity index (χ1) is 10.1. The van der Waals surface area contributed by atoms with E-state index in [-0.39, 0.29) is 5.91 Å². The molecule has 2 aromatic rings. The minimum atomic E-state index is 0.0678. The topological polar surface area (TPSA) is 46.3 Å². The number of carbonyl (C=O) groups excluding carboxylic acids is 1. The third kappa shape index (κ3) is 4.69. The van der Waals surface area contributed by atoms with Crippen LogP contribution in [0.3, 0.4) is 0 Å². The minimum Gasteiger partial charge on any atom is -0.398 e. The van der Waals surface area contributed by atoms with Crippen molar-refractivity contribution in [2.75, 3.05) is 18.5 Å². The molecule has 0 radical (unpaired) electrons. The van der Waals surface area contributed by atoms with Gasteiger partial charge in [0.2, 0.25) is 5.91 Å². The number of carbonyl (C=O) groups is 1. The van der Waals surface area contributed by atoms with E-state index in [9.17, 15) is 4.79 Å². The van der Waals surface area contributed by atoms with Gasteiger partial charge >= 0.3 is 0 Å². The van der Waals surface area contributed by atoms with Crippen molar-refractivity contribution in [2.24, 2.45) is 0 Å². The monoisotopic (exact) mass is 320 g/mol. The van der Waals surface area contributed by atoms with E-state index in [1.54, 1.807) is 24.1 Å². The molecule has 0 saturated carbocycles. The van der Waals surface area contributed by atoms with E-state index in [0.29, 0.717) is 23.0 Å². The van der Waals surface area contributed by atoms with E-state index in [4.69, 9.17) is 17.3 Å². The van der Waals surface area contributed by atoms with Crippen LogP contribution >= 0.6 is 23.4 Å². The van der Waals surface area contributed by atoms with E-state index in [1.807, 2.05) is 36.4 Å². The molecular weight excluding hydrogens is 304 g/mol. The van der Waals surface area contributed by atoms with Gasteiger partial charge in [0.25, 0.3) is 0 Å². The molecule has 2 rings (SSSR count). The Balaban J connectivity index is 1.89. The summed E-state index contributed by atoms with van der Waals surface area (Å²) in [6, 6.07) is 15.2. The third-order valence-corrected chi connectivity index (χ3v) is 4.32. The zero-order chi connectivity index (χ0) is 15.2. The molecule has 21 heavy (non-hydrogen) atoms. The fourth-order valence-corrected chi connectivity index (χ4v) is 2.92. The van der Waals surface area contributed by atoms with E-state index < -0.39 is 0 Å². The lowest BCUT2D eigenvalue weighted by Crippen LogP contribution is -2.27. The van der Waals surface area contributed by atoms with Gasteiger partial charge in [-0.25, -0.2) is 0 Å². The van der Waals surface area contributed by atoms with Crippen molar-refractivity contribution in [1.29, 1.82) is 0 Å². The molecule has 0 aromatic heterocycles. The standard InChI is InChI=1S/C16H17ClN2OS/c1-19(10-12-5-3-2-4-6-12)16(20)11-21-15-8-7-13(17)9-14(15)18/h2-9H,10-11,18H2,1H3. The lowest BCUT2D eigenvalue weighted by molar-refractivity contribution is -0.127. The number of hydrogen-bond acceptors (Lipinski definition) is 3. The molecule has 3 nitrogen and oxygen atoms in total. The Kier molecular flexibility index (Phi) is 5.53. The van der Waals surface area contributed by atoms with Crippen molar-refractivity contribution in [3.8, 4) is 0 Å². The molecule has 0 unspecified atom stereocenters. The number of thioether (sulfide) groups is 1. The van der Waals surface area contributed by atoms with Crippen LogP contribution in [0.25, 0.3) is 0 Å². The number of nitrogen functional groups attached to an aromatic ring is 1. The number of amides is 1. The maximum atomic E-state index is 12.1. The van der Waals surface area contributed by atoms with E-state index in [2.05, 4.69) is 0 Å². The second-order valence-electron chi connectivity index (χ2n) is 4.71. The predicted octanol–water partition coefficient (Wildman–Crippen LogP) is 3.67. The first kappa shape index (κ1) is 15.7. The van der Waals surface area contributed by atoms with Crippen LogP contribution in [0.2, 0.25) is 5.02 Å². The normalized spacial score (nSPS) is 10.4. The van der Waals surface area contributed by atoms with Crippen molar-refractivity contribution in [3.05, 3.63) is 59.1 Å². The first-order valence-corrected chi connectivity index (χ1v) is 7.88.